The number of rotatable bonds is 0. The lowest BCUT2D eigenvalue weighted by Crippen LogP contribution is -2.35. The molecule has 1 aliphatic heterocycles. The summed E-state index contributed by atoms with van der Waals surface area (Å²) in [5, 5.41) is 3.66. The molecule has 3 rings (SSSR count). The van der Waals surface area contributed by atoms with Crippen LogP contribution in [0.3, 0.4) is 0 Å². The average molecular weight is 211 g/mol. The highest BCUT2D eigenvalue weighted by atomic mass is 14.9. The van der Waals surface area contributed by atoms with Crippen molar-refractivity contribution in [2.75, 3.05) is 0 Å². The molecule has 0 aromatic carbocycles. The van der Waals surface area contributed by atoms with Gasteiger partial charge < -0.3 is 5.32 Å². The monoisotopic (exact) mass is 211 g/mol. The topological polar surface area (TPSA) is 12.0 Å². The molecular weight excluding hydrogens is 194 g/mol. The molecule has 16 heavy (non-hydrogen) atoms. The molecule has 0 radical (unpaired) electrons. The van der Waals surface area contributed by atoms with E-state index in [0.717, 1.165) is 0 Å². The molecule has 1 fully saturated rings. The standard InChI is InChI=1S/C15H17N/c1-2-4-9-14-12(7-3-1)11-13-8-5-6-10-15(13)16-14/h1-4,7,9,11,15-16H,5-6,8,10H2/b2-1-,3-1?,4-2?,7-3-,9-4-,12-7?,14-9?. The second-order valence-corrected chi connectivity index (χ2v) is 4.63. The molecular formula is C15H17N. The summed E-state index contributed by atoms with van der Waals surface area (Å²) in [6.07, 6.45) is 20.4. The van der Waals surface area contributed by atoms with E-state index in [4.69, 9.17) is 0 Å². The minimum atomic E-state index is 0.592. The smallest absolute Gasteiger partial charge is 0.0477 e. The number of hydrogen-bond acceptors (Lipinski definition) is 1. The minimum Gasteiger partial charge on any atom is -0.378 e. The molecule has 0 bridgehead atoms. The van der Waals surface area contributed by atoms with Gasteiger partial charge in [-0.05, 0) is 36.5 Å². The van der Waals surface area contributed by atoms with Crippen LogP contribution in [0.4, 0.5) is 0 Å². The summed E-state index contributed by atoms with van der Waals surface area (Å²) in [4.78, 5) is 0. The molecule has 0 aromatic heterocycles. The van der Waals surface area contributed by atoms with Crippen LogP contribution in [-0.2, 0) is 0 Å². The summed E-state index contributed by atoms with van der Waals surface area (Å²) in [6, 6.07) is 0.592. The first kappa shape index (κ1) is 9.71. The van der Waals surface area contributed by atoms with Crippen molar-refractivity contribution in [3.05, 3.63) is 59.4 Å². The highest BCUT2D eigenvalue weighted by molar-refractivity contribution is 5.48. The van der Waals surface area contributed by atoms with E-state index in [1.54, 1.807) is 5.57 Å². The summed E-state index contributed by atoms with van der Waals surface area (Å²) in [5.41, 5.74) is 4.19. The van der Waals surface area contributed by atoms with Crippen LogP contribution < -0.4 is 5.32 Å². The number of allylic oxidation sites excluding steroid dienone is 8. The normalized spacial score (nSPS) is 33.5. The molecule has 1 N–H and O–H groups in total. The molecule has 1 heteroatoms. The second kappa shape index (κ2) is 4.17. The van der Waals surface area contributed by atoms with Gasteiger partial charge in [0.2, 0.25) is 0 Å². The van der Waals surface area contributed by atoms with Gasteiger partial charge in [0.05, 0.1) is 0 Å². The van der Waals surface area contributed by atoms with Crippen LogP contribution in [-0.4, -0.2) is 6.04 Å². The van der Waals surface area contributed by atoms with Crippen LogP contribution >= 0.6 is 0 Å². The van der Waals surface area contributed by atoms with Gasteiger partial charge in [-0.1, -0.05) is 42.9 Å². The van der Waals surface area contributed by atoms with Crippen LogP contribution in [0.1, 0.15) is 25.7 Å². The molecule has 0 amide bonds. The van der Waals surface area contributed by atoms with E-state index in [9.17, 15) is 0 Å². The van der Waals surface area contributed by atoms with Crippen molar-refractivity contribution in [3.63, 3.8) is 0 Å². The maximum atomic E-state index is 3.66. The predicted octanol–water partition coefficient (Wildman–Crippen LogP) is 3.39. The largest absolute Gasteiger partial charge is 0.378 e. The second-order valence-electron chi connectivity index (χ2n) is 4.63. The summed E-state index contributed by atoms with van der Waals surface area (Å²) < 4.78 is 0. The molecule has 2 aliphatic carbocycles. The molecule has 1 unspecified atom stereocenters. The van der Waals surface area contributed by atoms with E-state index >= 15 is 0 Å². The number of hydrogen-bond donors (Lipinski definition) is 1. The van der Waals surface area contributed by atoms with Gasteiger partial charge in [-0.15, -0.1) is 0 Å². The molecule has 1 heterocycles. The fraction of sp³-hybridized carbons (Fsp3) is 0.333. The molecule has 0 spiro atoms. The van der Waals surface area contributed by atoms with Crippen LogP contribution in [0.15, 0.2) is 59.4 Å². The Balaban J connectivity index is 1.96. The van der Waals surface area contributed by atoms with Crippen molar-refractivity contribution >= 4 is 0 Å². The first-order valence-corrected chi connectivity index (χ1v) is 6.16. The van der Waals surface area contributed by atoms with Gasteiger partial charge in [0, 0.05) is 11.7 Å². The Bertz CT molecular complexity index is 432. The zero-order valence-electron chi connectivity index (χ0n) is 9.45. The molecule has 1 nitrogen and oxygen atoms in total. The lowest BCUT2D eigenvalue weighted by molar-refractivity contribution is 0.481. The zero-order valence-corrected chi connectivity index (χ0v) is 9.45. The van der Waals surface area contributed by atoms with E-state index < -0.39 is 0 Å². The fourth-order valence-electron chi connectivity index (χ4n) is 2.64. The summed E-state index contributed by atoms with van der Waals surface area (Å²) in [7, 11) is 0. The molecule has 0 saturated heterocycles. The summed E-state index contributed by atoms with van der Waals surface area (Å²) in [6.45, 7) is 0. The third kappa shape index (κ3) is 1.78. The first-order valence-electron chi connectivity index (χ1n) is 6.16. The van der Waals surface area contributed by atoms with Crippen molar-refractivity contribution in [2.24, 2.45) is 0 Å². The van der Waals surface area contributed by atoms with Crippen molar-refractivity contribution in [2.45, 2.75) is 31.7 Å². The Morgan fingerprint density at radius 3 is 2.81 bits per heavy atom. The van der Waals surface area contributed by atoms with Crippen LogP contribution in [0.2, 0.25) is 0 Å². The lowest BCUT2D eigenvalue weighted by Gasteiger charge is -2.32. The maximum Gasteiger partial charge on any atom is 0.0477 e. The third-order valence-corrected chi connectivity index (χ3v) is 3.51. The Labute approximate surface area is 96.9 Å². The molecule has 1 atom stereocenters. The summed E-state index contributed by atoms with van der Waals surface area (Å²) in [5.74, 6) is 0. The highest BCUT2D eigenvalue weighted by Crippen LogP contribution is 2.30. The Kier molecular flexibility index (Phi) is 2.53. The van der Waals surface area contributed by atoms with Gasteiger partial charge in [-0.2, -0.15) is 0 Å². The van der Waals surface area contributed by atoms with E-state index in [0.29, 0.717) is 6.04 Å². The van der Waals surface area contributed by atoms with Crippen molar-refractivity contribution in [3.8, 4) is 0 Å². The van der Waals surface area contributed by atoms with E-state index in [-0.39, 0.29) is 0 Å². The van der Waals surface area contributed by atoms with Crippen molar-refractivity contribution in [1.29, 1.82) is 0 Å². The van der Waals surface area contributed by atoms with E-state index in [2.05, 4.69) is 47.8 Å². The average Bonchev–Trinajstić information content (AvgIpc) is 2.29. The zero-order chi connectivity index (χ0) is 10.8. The fourth-order valence-corrected chi connectivity index (χ4v) is 2.64. The van der Waals surface area contributed by atoms with Crippen molar-refractivity contribution in [1.82, 2.24) is 5.32 Å². The van der Waals surface area contributed by atoms with Gasteiger partial charge in [0.15, 0.2) is 0 Å². The Hall–Kier alpha value is -1.50. The number of fused-ring (bicyclic) bond motifs is 1. The van der Waals surface area contributed by atoms with Crippen LogP contribution in [0, 0.1) is 0 Å². The molecule has 3 aliphatic rings. The highest BCUT2D eigenvalue weighted by Gasteiger charge is 2.23. The predicted molar refractivity (Wildman–Crippen MR) is 67.9 cm³/mol. The van der Waals surface area contributed by atoms with E-state index in [1.165, 1.54) is 37.0 Å². The minimum absolute atomic E-state index is 0.592. The van der Waals surface area contributed by atoms with Crippen LogP contribution in [0.25, 0.3) is 0 Å². The van der Waals surface area contributed by atoms with Crippen LogP contribution in [0.5, 0.6) is 0 Å². The number of dihydropyridines is 1. The summed E-state index contributed by atoms with van der Waals surface area (Å²) >= 11 is 0. The van der Waals surface area contributed by atoms with Gasteiger partial charge in [0.1, 0.15) is 0 Å². The lowest BCUT2D eigenvalue weighted by atomic mass is 9.85. The van der Waals surface area contributed by atoms with E-state index in [1.807, 2.05) is 0 Å². The van der Waals surface area contributed by atoms with Gasteiger partial charge in [-0.3, -0.25) is 0 Å². The van der Waals surface area contributed by atoms with Gasteiger partial charge in [-0.25, -0.2) is 0 Å². The first-order chi connectivity index (χ1) is 7.93. The SMILES string of the molecule is C1=C2CCCCC2NC2=C1\C=C/C=C\C=C/2. The third-order valence-electron chi connectivity index (χ3n) is 3.51. The maximum absolute atomic E-state index is 3.66. The Morgan fingerprint density at radius 1 is 1.00 bits per heavy atom. The quantitative estimate of drug-likeness (QED) is 0.647. The van der Waals surface area contributed by atoms with Crippen molar-refractivity contribution < 1.29 is 0 Å². The number of nitrogens with one attached hydrogen (secondary N) is 1. The van der Waals surface area contributed by atoms with Gasteiger partial charge >= 0.3 is 0 Å². The molecule has 1 saturated carbocycles. The van der Waals surface area contributed by atoms with Gasteiger partial charge in [0.25, 0.3) is 0 Å². The molecule has 0 aromatic rings. The molecule has 82 valence electrons. The Morgan fingerprint density at radius 2 is 1.88 bits per heavy atom.